The highest BCUT2D eigenvalue weighted by Crippen LogP contribution is 2.55. The van der Waals surface area contributed by atoms with Gasteiger partial charge in [0.15, 0.2) is 9.84 Å². The van der Waals surface area contributed by atoms with Crippen LogP contribution in [-0.4, -0.2) is 25.8 Å². The molecule has 0 spiro atoms. The molecule has 1 aliphatic carbocycles. The molecule has 4 N–H and O–H groups in total. The van der Waals surface area contributed by atoms with Gasteiger partial charge in [-0.15, -0.1) is 0 Å². The number of benzene rings is 2. The summed E-state index contributed by atoms with van der Waals surface area (Å²) in [5, 5.41) is -0.794. The van der Waals surface area contributed by atoms with Crippen molar-refractivity contribution in [2.75, 3.05) is 6.54 Å². The lowest BCUT2D eigenvalue weighted by atomic mass is 10.1. The second-order valence-corrected chi connectivity index (χ2v) is 7.69. The molecule has 0 unspecified atom stereocenters. The number of rotatable bonds is 4. The first-order valence-electron chi connectivity index (χ1n) is 6.94. The van der Waals surface area contributed by atoms with Gasteiger partial charge in [-0.3, -0.25) is 0 Å². The first-order chi connectivity index (χ1) is 10.4. The SMILES string of the molecule is NC[C@@]1(N)[C@H](c2ccc(F)cc2)[C@@H]1S(=O)(=O)c1ccccc1. The summed E-state index contributed by atoms with van der Waals surface area (Å²) in [6.07, 6.45) is 0. The van der Waals surface area contributed by atoms with E-state index in [2.05, 4.69) is 0 Å². The predicted molar refractivity (Wildman–Crippen MR) is 82.5 cm³/mol. The maximum absolute atomic E-state index is 13.1. The monoisotopic (exact) mass is 320 g/mol. The van der Waals surface area contributed by atoms with E-state index in [0.29, 0.717) is 5.56 Å². The summed E-state index contributed by atoms with van der Waals surface area (Å²) in [7, 11) is -3.59. The van der Waals surface area contributed by atoms with E-state index in [0.717, 1.165) is 0 Å². The molecule has 1 saturated carbocycles. The molecule has 4 nitrogen and oxygen atoms in total. The Morgan fingerprint density at radius 1 is 1.05 bits per heavy atom. The highest BCUT2D eigenvalue weighted by molar-refractivity contribution is 7.92. The highest BCUT2D eigenvalue weighted by Gasteiger charge is 2.68. The molecule has 2 aromatic rings. The Morgan fingerprint density at radius 2 is 1.64 bits per heavy atom. The van der Waals surface area contributed by atoms with Crippen LogP contribution in [-0.2, 0) is 9.84 Å². The second-order valence-electron chi connectivity index (χ2n) is 5.62. The predicted octanol–water partition coefficient (Wildman–Crippen LogP) is 1.42. The van der Waals surface area contributed by atoms with Crippen LogP contribution in [0, 0.1) is 5.82 Å². The van der Waals surface area contributed by atoms with Crippen LogP contribution < -0.4 is 11.5 Å². The van der Waals surface area contributed by atoms with Crippen LogP contribution in [0.1, 0.15) is 11.5 Å². The summed E-state index contributed by atoms with van der Waals surface area (Å²) in [5.41, 5.74) is 11.6. The molecule has 2 aromatic carbocycles. The fraction of sp³-hybridized carbons (Fsp3) is 0.250. The quantitative estimate of drug-likeness (QED) is 0.892. The van der Waals surface area contributed by atoms with E-state index < -0.39 is 26.5 Å². The molecule has 0 radical (unpaired) electrons. The molecule has 0 saturated heterocycles. The number of hydrogen-bond donors (Lipinski definition) is 2. The minimum atomic E-state index is -3.59. The van der Waals surface area contributed by atoms with Crippen LogP contribution in [0.15, 0.2) is 59.5 Å². The number of hydrogen-bond acceptors (Lipinski definition) is 4. The standard InChI is InChI=1S/C16H17FN2O2S/c17-12-8-6-11(7-9-12)14-15(16(14,19)10-18)22(20,21)13-4-2-1-3-5-13/h1-9,14-15H,10,18-19H2/t14-,15+,16-/m1/s1. The molecule has 22 heavy (non-hydrogen) atoms. The van der Waals surface area contributed by atoms with E-state index in [1.165, 1.54) is 12.1 Å². The van der Waals surface area contributed by atoms with Gasteiger partial charge in [0.2, 0.25) is 0 Å². The van der Waals surface area contributed by atoms with Crippen LogP contribution in [0.2, 0.25) is 0 Å². The molecule has 1 aliphatic rings. The van der Waals surface area contributed by atoms with Crippen molar-refractivity contribution in [3.05, 3.63) is 66.0 Å². The molecule has 0 aliphatic heterocycles. The zero-order chi connectivity index (χ0) is 16.0. The van der Waals surface area contributed by atoms with Crippen LogP contribution >= 0.6 is 0 Å². The first-order valence-corrected chi connectivity index (χ1v) is 8.49. The maximum atomic E-state index is 13.1. The van der Waals surface area contributed by atoms with Crippen molar-refractivity contribution in [1.29, 1.82) is 0 Å². The van der Waals surface area contributed by atoms with Crippen molar-refractivity contribution in [2.24, 2.45) is 11.5 Å². The van der Waals surface area contributed by atoms with Crippen LogP contribution in [0.5, 0.6) is 0 Å². The molecule has 3 atom stereocenters. The Hall–Kier alpha value is -1.76. The van der Waals surface area contributed by atoms with Crippen LogP contribution in [0.4, 0.5) is 4.39 Å². The van der Waals surface area contributed by atoms with Gasteiger partial charge < -0.3 is 11.5 Å². The fourth-order valence-electron chi connectivity index (χ4n) is 3.05. The zero-order valence-electron chi connectivity index (χ0n) is 11.8. The third-order valence-corrected chi connectivity index (χ3v) is 6.60. The second kappa shape index (κ2) is 5.15. The Balaban J connectivity index is 2.02. The molecular weight excluding hydrogens is 303 g/mol. The van der Waals surface area contributed by atoms with Gasteiger partial charge in [0.1, 0.15) is 5.82 Å². The molecule has 0 bridgehead atoms. The van der Waals surface area contributed by atoms with Crippen molar-refractivity contribution in [1.82, 2.24) is 0 Å². The van der Waals surface area contributed by atoms with E-state index in [-0.39, 0.29) is 17.3 Å². The van der Waals surface area contributed by atoms with E-state index in [1.54, 1.807) is 42.5 Å². The molecule has 0 aromatic heterocycles. The summed E-state index contributed by atoms with van der Waals surface area (Å²) < 4.78 is 38.7. The van der Waals surface area contributed by atoms with Gasteiger partial charge in [-0.25, -0.2) is 12.8 Å². The summed E-state index contributed by atoms with van der Waals surface area (Å²) in [6, 6.07) is 13.9. The Morgan fingerprint density at radius 3 is 2.18 bits per heavy atom. The van der Waals surface area contributed by atoms with E-state index in [1.807, 2.05) is 0 Å². The lowest BCUT2D eigenvalue weighted by Gasteiger charge is -2.08. The summed E-state index contributed by atoms with van der Waals surface area (Å²) in [6.45, 7) is 0.0474. The van der Waals surface area contributed by atoms with Gasteiger partial charge in [0.25, 0.3) is 0 Å². The van der Waals surface area contributed by atoms with E-state index in [9.17, 15) is 12.8 Å². The molecular formula is C16H17FN2O2S. The van der Waals surface area contributed by atoms with Crippen molar-refractivity contribution >= 4 is 9.84 Å². The van der Waals surface area contributed by atoms with E-state index in [4.69, 9.17) is 11.5 Å². The van der Waals surface area contributed by atoms with Gasteiger partial charge in [0.05, 0.1) is 15.7 Å². The van der Waals surface area contributed by atoms with Crippen molar-refractivity contribution in [3.8, 4) is 0 Å². The Labute approximate surface area is 128 Å². The first kappa shape index (κ1) is 15.1. The zero-order valence-corrected chi connectivity index (χ0v) is 12.6. The highest BCUT2D eigenvalue weighted by atomic mass is 32.2. The largest absolute Gasteiger partial charge is 0.329 e. The number of nitrogens with two attached hydrogens (primary N) is 2. The third-order valence-electron chi connectivity index (χ3n) is 4.29. The maximum Gasteiger partial charge on any atom is 0.183 e. The van der Waals surface area contributed by atoms with Gasteiger partial charge in [-0.05, 0) is 29.8 Å². The Kier molecular flexibility index (Phi) is 3.55. The average Bonchev–Trinajstić information content (AvgIpc) is 3.17. The van der Waals surface area contributed by atoms with Crippen molar-refractivity contribution in [2.45, 2.75) is 21.6 Å². The smallest absolute Gasteiger partial charge is 0.183 e. The molecule has 0 heterocycles. The van der Waals surface area contributed by atoms with Crippen molar-refractivity contribution < 1.29 is 12.8 Å². The minimum Gasteiger partial charge on any atom is -0.329 e. The van der Waals surface area contributed by atoms with Gasteiger partial charge in [-0.1, -0.05) is 30.3 Å². The molecule has 1 fully saturated rings. The minimum absolute atomic E-state index is 0.0474. The van der Waals surface area contributed by atoms with Crippen LogP contribution in [0.25, 0.3) is 0 Å². The Bertz CT molecular complexity index is 778. The molecule has 3 rings (SSSR count). The lowest BCUT2D eigenvalue weighted by molar-refractivity contribution is 0.586. The normalized spacial score (nSPS) is 27.6. The van der Waals surface area contributed by atoms with Gasteiger partial charge in [0, 0.05) is 12.5 Å². The number of halogens is 1. The third kappa shape index (κ3) is 2.24. The molecule has 116 valence electrons. The fourth-order valence-corrected chi connectivity index (χ4v) is 5.39. The molecule has 0 amide bonds. The van der Waals surface area contributed by atoms with Gasteiger partial charge >= 0.3 is 0 Å². The summed E-state index contributed by atoms with van der Waals surface area (Å²) in [5.74, 6) is -0.800. The van der Waals surface area contributed by atoms with Gasteiger partial charge in [-0.2, -0.15) is 0 Å². The topological polar surface area (TPSA) is 86.2 Å². The van der Waals surface area contributed by atoms with Crippen LogP contribution in [0.3, 0.4) is 0 Å². The van der Waals surface area contributed by atoms with E-state index >= 15 is 0 Å². The number of sulfone groups is 1. The molecule has 6 heteroatoms. The van der Waals surface area contributed by atoms with Crippen molar-refractivity contribution in [3.63, 3.8) is 0 Å². The lowest BCUT2D eigenvalue weighted by Crippen LogP contribution is -2.39. The summed E-state index contributed by atoms with van der Waals surface area (Å²) >= 11 is 0. The average molecular weight is 320 g/mol. The summed E-state index contributed by atoms with van der Waals surface area (Å²) in [4.78, 5) is 0.230.